The molecule has 0 saturated carbocycles. The summed E-state index contributed by atoms with van der Waals surface area (Å²) in [6.07, 6.45) is 4.74. The van der Waals surface area contributed by atoms with Crippen LogP contribution >= 0.6 is 0 Å². The molecule has 3 aromatic rings. The highest BCUT2D eigenvalue weighted by molar-refractivity contribution is 6.01. The lowest BCUT2D eigenvalue weighted by Crippen LogP contribution is -2.00. The first-order valence-corrected chi connectivity index (χ1v) is 5.79. The molecule has 2 heterocycles. The molecule has 2 aromatic heterocycles. The van der Waals surface area contributed by atoms with Crippen LogP contribution in [-0.4, -0.2) is 21.0 Å². The van der Waals surface area contributed by atoms with Gasteiger partial charge in [-0.3, -0.25) is 9.97 Å². The van der Waals surface area contributed by atoms with E-state index in [4.69, 9.17) is 0 Å². The van der Waals surface area contributed by atoms with E-state index in [-0.39, 0.29) is 5.56 Å². The molecule has 0 spiro atoms. The zero-order valence-corrected chi connectivity index (χ0v) is 9.95. The minimum atomic E-state index is -0.967. The van der Waals surface area contributed by atoms with Crippen molar-refractivity contribution in [3.63, 3.8) is 0 Å². The van der Waals surface area contributed by atoms with Gasteiger partial charge in [-0.15, -0.1) is 0 Å². The van der Waals surface area contributed by atoms with E-state index in [0.717, 1.165) is 16.5 Å². The monoisotopic (exact) mass is 250 g/mol. The molecule has 3 rings (SSSR count). The van der Waals surface area contributed by atoms with Crippen molar-refractivity contribution in [1.29, 1.82) is 0 Å². The Balaban J connectivity index is 2.34. The lowest BCUT2D eigenvalue weighted by Gasteiger charge is -2.08. The molecule has 0 aliphatic carbocycles. The van der Waals surface area contributed by atoms with Gasteiger partial charge in [-0.25, -0.2) is 4.79 Å². The lowest BCUT2D eigenvalue weighted by molar-refractivity contribution is 0.0697. The molecule has 0 aliphatic rings. The number of fused-ring (bicyclic) bond motifs is 1. The zero-order valence-electron chi connectivity index (χ0n) is 9.95. The summed E-state index contributed by atoms with van der Waals surface area (Å²) in [6, 6.07) is 11.0. The molecule has 1 N–H and O–H groups in total. The topological polar surface area (TPSA) is 63.1 Å². The van der Waals surface area contributed by atoms with Gasteiger partial charge >= 0.3 is 5.97 Å². The van der Waals surface area contributed by atoms with E-state index in [2.05, 4.69) is 9.97 Å². The summed E-state index contributed by atoms with van der Waals surface area (Å²) in [5, 5.41) is 10.2. The van der Waals surface area contributed by atoms with Crippen LogP contribution in [0.15, 0.2) is 55.0 Å². The van der Waals surface area contributed by atoms with Crippen molar-refractivity contribution >= 4 is 16.9 Å². The van der Waals surface area contributed by atoms with E-state index in [1.54, 1.807) is 12.4 Å². The van der Waals surface area contributed by atoms with Crippen LogP contribution in [0.25, 0.3) is 22.0 Å². The van der Waals surface area contributed by atoms with Gasteiger partial charge in [0.1, 0.15) is 0 Å². The number of rotatable bonds is 2. The molecular weight excluding hydrogens is 240 g/mol. The van der Waals surface area contributed by atoms with Gasteiger partial charge in [0, 0.05) is 35.1 Å². The SMILES string of the molecule is O=C(O)c1ccncc1-c1cccc2cccnc12. The molecule has 4 heteroatoms. The van der Waals surface area contributed by atoms with E-state index in [9.17, 15) is 9.90 Å². The van der Waals surface area contributed by atoms with E-state index in [1.165, 1.54) is 12.3 Å². The zero-order chi connectivity index (χ0) is 13.2. The maximum Gasteiger partial charge on any atom is 0.336 e. The van der Waals surface area contributed by atoms with Crippen LogP contribution in [0.5, 0.6) is 0 Å². The molecule has 0 amide bonds. The Kier molecular flexibility index (Phi) is 2.68. The Morgan fingerprint density at radius 1 is 1.00 bits per heavy atom. The minimum absolute atomic E-state index is 0.230. The fraction of sp³-hybridized carbons (Fsp3) is 0. The van der Waals surface area contributed by atoms with Crippen LogP contribution in [0, 0.1) is 0 Å². The predicted molar refractivity (Wildman–Crippen MR) is 71.9 cm³/mol. The Morgan fingerprint density at radius 2 is 1.84 bits per heavy atom. The van der Waals surface area contributed by atoms with Gasteiger partial charge in [-0.1, -0.05) is 24.3 Å². The summed E-state index contributed by atoms with van der Waals surface area (Å²) in [7, 11) is 0. The van der Waals surface area contributed by atoms with E-state index < -0.39 is 5.97 Å². The van der Waals surface area contributed by atoms with Gasteiger partial charge in [0.25, 0.3) is 0 Å². The maximum atomic E-state index is 11.3. The van der Waals surface area contributed by atoms with Gasteiger partial charge in [-0.05, 0) is 12.1 Å². The van der Waals surface area contributed by atoms with Crippen molar-refractivity contribution in [2.24, 2.45) is 0 Å². The quantitative estimate of drug-likeness (QED) is 0.759. The number of aromatic carboxylic acids is 1. The maximum absolute atomic E-state index is 11.3. The van der Waals surface area contributed by atoms with Crippen LogP contribution in [0.3, 0.4) is 0 Å². The molecule has 0 saturated heterocycles. The molecule has 0 aliphatic heterocycles. The number of hydrogen-bond donors (Lipinski definition) is 1. The van der Waals surface area contributed by atoms with E-state index >= 15 is 0 Å². The normalized spacial score (nSPS) is 10.5. The van der Waals surface area contributed by atoms with Gasteiger partial charge in [0.05, 0.1) is 11.1 Å². The van der Waals surface area contributed by atoms with Gasteiger partial charge in [0.2, 0.25) is 0 Å². The van der Waals surface area contributed by atoms with Crippen LogP contribution in [-0.2, 0) is 0 Å². The van der Waals surface area contributed by atoms with Crippen LogP contribution in [0.4, 0.5) is 0 Å². The number of aromatic nitrogens is 2. The molecule has 0 bridgehead atoms. The Bertz CT molecular complexity index is 763. The van der Waals surface area contributed by atoms with Crippen molar-refractivity contribution in [2.75, 3.05) is 0 Å². The predicted octanol–water partition coefficient (Wildman–Crippen LogP) is 3.00. The standard InChI is InChI=1S/C15H10N2O2/c18-15(19)12-6-8-16-9-13(12)11-5-1-3-10-4-2-7-17-14(10)11/h1-9H,(H,18,19). The number of carboxylic acids is 1. The molecular formula is C15H10N2O2. The molecule has 1 aromatic carbocycles. The van der Waals surface area contributed by atoms with Gasteiger partial charge in [-0.2, -0.15) is 0 Å². The Labute approximate surface area is 109 Å². The fourth-order valence-electron chi connectivity index (χ4n) is 2.12. The molecule has 0 atom stereocenters. The number of nitrogens with zero attached hydrogens (tertiary/aromatic N) is 2. The lowest BCUT2D eigenvalue weighted by atomic mass is 9.99. The molecule has 0 unspecified atom stereocenters. The second kappa shape index (κ2) is 4.49. The van der Waals surface area contributed by atoms with Crippen molar-refractivity contribution < 1.29 is 9.90 Å². The number of carboxylic acid groups (broad SMARTS) is 1. The van der Waals surface area contributed by atoms with Crippen molar-refractivity contribution in [1.82, 2.24) is 9.97 Å². The number of pyridine rings is 2. The molecule has 92 valence electrons. The summed E-state index contributed by atoms with van der Waals surface area (Å²) >= 11 is 0. The third kappa shape index (κ3) is 1.93. The average molecular weight is 250 g/mol. The number of benzene rings is 1. The smallest absolute Gasteiger partial charge is 0.336 e. The Hall–Kier alpha value is -2.75. The fourth-order valence-corrected chi connectivity index (χ4v) is 2.12. The molecule has 19 heavy (non-hydrogen) atoms. The summed E-state index contributed by atoms with van der Waals surface area (Å²) < 4.78 is 0. The van der Waals surface area contributed by atoms with E-state index in [0.29, 0.717) is 5.56 Å². The van der Waals surface area contributed by atoms with Gasteiger partial charge < -0.3 is 5.11 Å². The largest absolute Gasteiger partial charge is 0.478 e. The first-order valence-electron chi connectivity index (χ1n) is 5.79. The number of hydrogen-bond acceptors (Lipinski definition) is 3. The second-order valence-electron chi connectivity index (χ2n) is 4.11. The van der Waals surface area contributed by atoms with Crippen LogP contribution in [0.1, 0.15) is 10.4 Å². The second-order valence-corrected chi connectivity index (χ2v) is 4.11. The third-order valence-corrected chi connectivity index (χ3v) is 2.97. The third-order valence-electron chi connectivity index (χ3n) is 2.97. The average Bonchev–Trinajstić information content (AvgIpc) is 2.46. The van der Waals surface area contributed by atoms with Gasteiger partial charge in [0.15, 0.2) is 0 Å². The van der Waals surface area contributed by atoms with Crippen LogP contribution in [0.2, 0.25) is 0 Å². The highest BCUT2D eigenvalue weighted by atomic mass is 16.4. The minimum Gasteiger partial charge on any atom is -0.478 e. The molecule has 0 fully saturated rings. The summed E-state index contributed by atoms with van der Waals surface area (Å²) in [5.41, 5.74) is 2.37. The number of para-hydroxylation sites is 1. The van der Waals surface area contributed by atoms with E-state index in [1.807, 2.05) is 30.3 Å². The van der Waals surface area contributed by atoms with Crippen molar-refractivity contribution in [2.45, 2.75) is 0 Å². The molecule has 0 radical (unpaired) electrons. The highest BCUT2D eigenvalue weighted by Crippen LogP contribution is 2.28. The first-order chi connectivity index (χ1) is 9.27. The van der Waals surface area contributed by atoms with Crippen LogP contribution < -0.4 is 0 Å². The Morgan fingerprint density at radius 3 is 2.68 bits per heavy atom. The summed E-state index contributed by atoms with van der Waals surface area (Å²) in [5.74, 6) is -0.967. The number of carbonyl (C=O) groups is 1. The highest BCUT2D eigenvalue weighted by Gasteiger charge is 2.13. The van der Waals surface area contributed by atoms with Crippen molar-refractivity contribution in [3.8, 4) is 11.1 Å². The van der Waals surface area contributed by atoms with Crippen molar-refractivity contribution in [3.05, 3.63) is 60.6 Å². The first kappa shape index (κ1) is 11.3. The summed E-state index contributed by atoms with van der Waals surface area (Å²) in [4.78, 5) is 19.6. The summed E-state index contributed by atoms with van der Waals surface area (Å²) in [6.45, 7) is 0. The molecule has 4 nitrogen and oxygen atoms in total.